The minimum absolute atomic E-state index is 0.231. The van der Waals surface area contributed by atoms with Crippen molar-refractivity contribution in [3.05, 3.63) is 30.1 Å². The third kappa shape index (κ3) is 3.67. The first-order valence-electron chi connectivity index (χ1n) is 8.64. The maximum Gasteiger partial charge on any atom is 0.219 e. The minimum atomic E-state index is 0.231. The van der Waals surface area contributed by atoms with Gasteiger partial charge in [-0.05, 0) is 62.8 Å². The third-order valence-electron chi connectivity index (χ3n) is 5.32. The Morgan fingerprint density at radius 1 is 1.18 bits per heavy atom. The fourth-order valence-electron chi connectivity index (χ4n) is 4.04. The topological polar surface area (TPSA) is 36.4 Å². The molecule has 0 radical (unpaired) electrons. The van der Waals surface area contributed by atoms with E-state index in [4.69, 9.17) is 0 Å². The predicted octanol–water partition coefficient (Wildman–Crippen LogP) is 2.49. The van der Waals surface area contributed by atoms with Crippen molar-refractivity contribution in [2.45, 2.75) is 57.5 Å². The number of aryl methyl sites for hydroxylation is 1. The second-order valence-electron chi connectivity index (χ2n) is 6.67. The Balaban J connectivity index is 1.52. The lowest BCUT2D eigenvalue weighted by Crippen LogP contribution is -2.47. The highest BCUT2D eigenvalue weighted by molar-refractivity contribution is 5.73. The molecule has 3 rings (SSSR count). The standard InChI is InChI=1S/C18H27N3O/c1-15(22)20-13-8-18(9-14-20)21-12-2-3-17(21)5-4-16-6-10-19-11-7-16/h6-7,10-11,17-18H,2-5,8-9,12-14H2,1H3. The van der Waals surface area contributed by atoms with Crippen LogP contribution in [-0.2, 0) is 11.2 Å². The van der Waals surface area contributed by atoms with Crippen molar-refractivity contribution in [3.8, 4) is 0 Å². The van der Waals surface area contributed by atoms with Gasteiger partial charge < -0.3 is 4.90 Å². The molecule has 2 aliphatic rings. The van der Waals surface area contributed by atoms with E-state index in [1.54, 1.807) is 6.92 Å². The fourth-order valence-corrected chi connectivity index (χ4v) is 4.04. The number of hydrogen-bond donors (Lipinski definition) is 0. The van der Waals surface area contributed by atoms with Crippen molar-refractivity contribution in [2.75, 3.05) is 19.6 Å². The molecule has 2 fully saturated rings. The molecule has 22 heavy (non-hydrogen) atoms. The summed E-state index contributed by atoms with van der Waals surface area (Å²) in [4.78, 5) is 20.3. The quantitative estimate of drug-likeness (QED) is 0.857. The molecule has 1 atom stereocenters. The van der Waals surface area contributed by atoms with Crippen molar-refractivity contribution in [1.29, 1.82) is 0 Å². The van der Waals surface area contributed by atoms with Crippen molar-refractivity contribution in [1.82, 2.24) is 14.8 Å². The van der Waals surface area contributed by atoms with Crippen LogP contribution < -0.4 is 0 Å². The molecule has 0 bridgehead atoms. The van der Waals surface area contributed by atoms with Gasteiger partial charge in [-0.15, -0.1) is 0 Å². The largest absolute Gasteiger partial charge is 0.343 e. The zero-order chi connectivity index (χ0) is 15.4. The lowest BCUT2D eigenvalue weighted by molar-refractivity contribution is -0.130. The lowest BCUT2D eigenvalue weighted by atomic mass is 9.99. The van der Waals surface area contributed by atoms with Gasteiger partial charge in [0, 0.05) is 44.5 Å². The van der Waals surface area contributed by atoms with E-state index >= 15 is 0 Å². The molecule has 1 amide bonds. The Bertz CT molecular complexity index is 482. The summed E-state index contributed by atoms with van der Waals surface area (Å²) in [6.07, 6.45) is 11.1. The molecule has 0 saturated carbocycles. The third-order valence-corrected chi connectivity index (χ3v) is 5.32. The van der Waals surface area contributed by atoms with Crippen LogP contribution in [0.2, 0.25) is 0 Å². The maximum absolute atomic E-state index is 11.5. The smallest absolute Gasteiger partial charge is 0.219 e. The van der Waals surface area contributed by atoms with Crippen LogP contribution in [0.3, 0.4) is 0 Å². The van der Waals surface area contributed by atoms with E-state index in [-0.39, 0.29) is 5.91 Å². The number of hydrogen-bond acceptors (Lipinski definition) is 3. The van der Waals surface area contributed by atoms with Crippen molar-refractivity contribution < 1.29 is 4.79 Å². The van der Waals surface area contributed by atoms with Crippen molar-refractivity contribution in [2.24, 2.45) is 0 Å². The van der Waals surface area contributed by atoms with Gasteiger partial charge in [0.05, 0.1) is 0 Å². The molecule has 0 aromatic carbocycles. The number of carbonyl (C=O) groups excluding carboxylic acids is 1. The Labute approximate surface area is 133 Å². The average Bonchev–Trinajstić information content (AvgIpc) is 3.02. The number of aromatic nitrogens is 1. The molecule has 4 nitrogen and oxygen atoms in total. The number of carbonyl (C=O) groups is 1. The summed E-state index contributed by atoms with van der Waals surface area (Å²) in [5.41, 5.74) is 1.40. The molecule has 3 heterocycles. The van der Waals surface area contributed by atoms with Gasteiger partial charge in [-0.2, -0.15) is 0 Å². The van der Waals surface area contributed by atoms with Crippen LogP contribution in [0.1, 0.15) is 44.6 Å². The second kappa shape index (κ2) is 7.23. The van der Waals surface area contributed by atoms with E-state index in [1.165, 1.54) is 31.4 Å². The Hall–Kier alpha value is -1.42. The van der Waals surface area contributed by atoms with E-state index in [0.717, 1.165) is 38.4 Å². The van der Waals surface area contributed by atoms with Crippen LogP contribution in [0.4, 0.5) is 0 Å². The summed E-state index contributed by atoms with van der Waals surface area (Å²) in [6, 6.07) is 5.66. The molecule has 120 valence electrons. The van der Waals surface area contributed by atoms with Crippen LogP contribution in [-0.4, -0.2) is 52.4 Å². The maximum atomic E-state index is 11.5. The average molecular weight is 301 g/mol. The van der Waals surface area contributed by atoms with E-state index in [1.807, 2.05) is 17.3 Å². The molecule has 2 aliphatic heterocycles. The van der Waals surface area contributed by atoms with Gasteiger partial charge in [0.25, 0.3) is 0 Å². The van der Waals surface area contributed by atoms with Crippen molar-refractivity contribution in [3.63, 3.8) is 0 Å². The van der Waals surface area contributed by atoms with E-state index in [0.29, 0.717) is 6.04 Å². The Morgan fingerprint density at radius 3 is 2.59 bits per heavy atom. The molecule has 0 N–H and O–H groups in total. The molecular weight excluding hydrogens is 274 g/mol. The zero-order valence-electron chi connectivity index (χ0n) is 13.6. The van der Waals surface area contributed by atoms with Gasteiger partial charge in [0.15, 0.2) is 0 Å². The fraction of sp³-hybridized carbons (Fsp3) is 0.667. The molecule has 1 unspecified atom stereocenters. The molecular formula is C18H27N3O. The normalized spacial score (nSPS) is 23.9. The monoisotopic (exact) mass is 301 g/mol. The summed E-state index contributed by atoms with van der Waals surface area (Å²) in [5, 5.41) is 0. The summed E-state index contributed by atoms with van der Waals surface area (Å²) >= 11 is 0. The number of rotatable bonds is 4. The van der Waals surface area contributed by atoms with E-state index in [2.05, 4.69) is 22.0 Å². The molecule has 1 aromatic rings. The first-order chi connectivity index (χ1) is 10.7. The summed E-state index contributed by atoms with van der Waals surface area (Å²) in [7, 11) is 0. The number of piperidine rings is 1. The van der Waals surface area contributed by atoms with Gasteiger partial charge in [0.2, 0.25) is 5.91 Å². The van der Waals surface area contributed by atoms with Crippen LogP contribution >= 0.6 is 0 Å². The number of amides is 1. The SMILES string of the molecule is CC(=O)N1CCC(N2CCCC2CCc2ccncc2)CC1. The zero-order valence-corrected chi connectivity index (χ0v) is 13.6. The Kier molecular flexibility index (Phi) is 5.08. The van der Waals surface area contributed by atoms with Gasteiger partial charge in [-0.3, -0.25) is 14.7 Å². The van der Waals surface area contributed by atoms with Gasteiger partial charge >= 0.3 is 0 Å². The molecule has 2 saturated heterocycles. The summed E-state index contributed by atoms with van der Waals surface area (Å²) < 4.78 is 0. The number of likely N-dealkylation sites (tertiary alicyclic amines) is 2. The van der Waals surface area contributed by atoms with Crippen LogP contribution in [0.15, 0.2) is 24.5 Å². The van der Waals surface area contributed by atoms with Gasteiger partial charge in [0.1, 0.15) is 0 Å². The minimum Gasteiger partial charge on any atom is -0.343 e. The van der Waals surface area contributed by atoms with Gasteiger partial charge in [-0.25, -0.2) is 0 Å². The molecule has 1 aromatic heterocycles. The predicted molar refractivity (Wildman–Crippen MR) is 87.6 cm³/mol. The van der Waals surface area contributed by atoms with Crippen LogP contribution in [0.25, 0.3) is 0 Å². The van der Waals surface area contributed by atoms with E-state index < -0.39 is 0 Å². The Morgan fingerprint density at radius 2 is 1.91 bits per heavy atom. The first-order valence-corrected chi connectivity index (χ1v) is 8.64. The summed E-state index contributed by atoms with van der Waals surface area (Å²) in [5.74, 6) is 0.231. The highest BCUT2D eigenvalue weighted by atomic mass is 16.2. The molecule has 4 heteroatoms. The van der Waals surface area contributed by atoms with Crippen LogP contribution in [0.5, 0.6) is 0 Å². The van der Waals surface area contributed by atoms with Crippen LogP contribution in [0, 0.1) is 0 Å². The number of pyridine rings is 1. The van der Waals surface area contributed by atoms with E-state index in [9.17, 15) is 4.79 Å². The van der Waals surface area contributed by atoms with Gasteiger partial charge in [-0.1, -0.05) is 0 Å². The lowest BCUT2D eigenvalue weighted by Gasteiger charge is -2.39. The summed E-state index contributed by atoms with van der Waals surface area (Å²) in [6.45, 7) is 4.81. The first kappa shape index (κ1) is 15.5. The highest BCUT2D eigenvalue weighted by Gasteiger charge is 2.32. The second-order valence-corrected chi connectivity index (χ2v) is 6.67. The molecule has 0 spiro atoms. The molecule has 0 aliphatic carbocycles. The number of nitrogens with zero attached hydrogens (tertiary/aromatic N) is 3. The van der Waals surface area contributed by atoms with Crippen molar-refractivity contribution >= 4 is 5.91 Å². The highest BCUT2D eigenvalue weighted by Crippen LogP contribution is 2.28.